The lowest BCUT2D eigenvalue weighted by Gasteiger charge is -2.11. The van der Waals surface area contributed by atoms with E-state index in [2.05, 4.69) is 5.32 Å². The van der Waals surface area contributed by atoms with Gasteiger partial charge >= 0.3 is 0 Å². The van der Waals surface area contributed by atoms with E-state index >= 15 is 0 Å². The number of nitrogens with zero attached hydrogens (tertiary/aromatic N) is 1. The van der Waals surface area contributed by atoms with Crippen molar-refractivity contribution in [3.8, 4) is 11.8 Å². The second-order valence-corrected chi connectivity index (χ2v) is 5.72. The van der Waals surface area contributed by atoms with Crippen LogP contribution < -0.4 is 10.1 Å². The molecular weight excluding hydrogens is 340 g/mol. The minimum absolute atomic E-state index is 0.172. The molecule has 0 atom stereocenters. The largest absolute Gasteiger partial charge is 0.484 e. The molecule has 1 N–H and O–H groups in total. The molecule has 3 rings (SSSR count). The van der Waals surface area contributed by atoms with Gasteiger partial charge in [-0.1, -0.05) is 48.5 Å². The zero-order chi connectivity index (χ0) is 19.1. The molecule has 3 aromatic rings. The minimum Gasteiger partial charge on any atom is -0.484 e. The molecule has 0 spiro atoms. The van der Waals surface area contributed by atoms with Crippen molar-refractivity contribution in [3.05, 3.63) is 95.6 Å². The van der Waals surface area contributed by atoms with Crippen molar-refractivity contribution in [1.82, 2.24) is 0 Å². The Morgan fingerprint density at radius 1 is 0.926 bits per heavy atom. The zero-order valence-electron chi connectivity index (χ0n) is 14.4. The Morgan fingerprint density at radius 2 is 1.67 bits per heavy atom. The van der Waals surface area contributed by atoms with Crippen LogP contribution in [0, 0.1) is 11.3 Å². The second kappa shape index (κ2) is 8.45. The van der Waals surface area contributed by atoms with Crippen LogP contribution in [0.2, 0.25) is 0 Å². The van der Waals surface area contributed by atoms with Gasteiger partial charge in [0.1, 0.15) is 5.75 Å². The summed E-state index contributed by atoms with van der Waals surface area (Å²) in [7, 11) is 0. The molecule has 0 fully saturated rings. The number of amides is 1. The van der Waals surface area contributed by atoms with E-state index in [-0.39, 0.29) is 12.4 Å². The van der Waals surface area contributed by atoms with E-state index < -0.39 is 5.91 Å². The predicted molar refractivity (Wildman–Crippen MR) is 102 cm³/mol. The van der Waals surface area contributed by atoms with E-state index in [1.54, 1.807) is 72.8 Å². The predicted octanol–water partition coefficient (Wildman–Crippen LogP) is 3.81. The number of hydrogen-bond donors (Lipinski definition) is 1. The van der Waals surface area contributed by atoms with Crippen molar-refractivity contribution < 1.29 is 14.3 Å². The van der Waals surface area contributed by atoms with Crippen LogP contribution in [0.1, 0.15) is 21.5 Å². The van der Waals surface area contributed by atoms with Crippen molar-refractivity contribution in [1.29, 1.82) is 5.26 Å². The Bertz CT molecular complexity index is 1010. The Kier molecular flexibility index (Phi) is 5.60. The van der Waals surface area contributed by atoms with E-state index in [0.717, 1.165) is 0 Å². The van der Waals surface area contributed by atoms with Crippen LogP contribution in [-0.4, -0.2) is 18.3 Å². The molecule has 1 amide bonds. The van der Waals surface area contributed by atoms with E-state index in [4.69, 9.17) is 10.00 Å². The van der Waals surface area contributed by atoms with Crippen LogP contribution in [0.25, 0.3) is 0 Å². The Morgan fingerprint density at radius 3 is 2.44 bits per heavy atom. The summed E-state index contributed by atoms with van der Waals surface area (Å²) < 4.78 is 5.42. The summed E-state index contributed by atoms with van der Waals surface area (Å²) in [6.45, 7) is -0.233. The number of ketones is 1. The standard InChI is InChI=1S/C22H16N2O3/c23-14-16-7-6-10-18(13-16)27-15-21(25)24-20-12-5-4-11-19(20)22(26)17-8-2-1-3-9-17/h1-13H,15H2,(H,24,25). The maximum absolute atomic E-state index is 12.7. The number of carbonyl (C=O) groups is 2. The number of nitrogens with one attached hydrogen (secondary N) is 1. The summed E-state index contributed by atoms with van der Waals surface area (Å²) in [6.07, 6.45) is 0. The van der Waals surface area contributed by atoms with Gasteiger partial charge in [-0.25, -0.2) is 0 Å². The van der Waals surface area contributed by atoms with Crippen molar-refractivity contribution in [3.63, 3.8) is 0 Å². The lowest BCUT2D eigenvalue weighted by atomic mass is 10.0. The van der Waals surface area contributed by atoms with Crippen LogP contribution in [0.3, 0.4) is 0 Å². The molecule has 3 aromatic carbocycles. The molecule has 0 radical (unpaired) electrons. The summed E-state index contributed by atoms with van der Waals surface area (Å²) in [4.78, 5) is 24.9. The van der Waals surface area contributed by atoms with Gasteiger partial charge in [-0.2, -0.15) is 5.26 Å². The quantitative estimate of drug-likeness (QED) is 0.681. The molecule has 132 valence electrons. The van der Waals surface area contributed by atoms with Crippen LogP contribution >= 0.6 is 0 Å². The summed E-state index contributed by atoms with van der Waals surface area (Å²) in [6, 6.07) is 24.3. The monoisotopic (exact) mass is 356 g/mol. The Labute approximate surface area is 156 Å². The third kappa shape index (κ3) is 4.59. The smallest absolute Gasteiger partial charge is 0.262 e. The first-order chi connectivity index (χ1) is 13.2. The van der Waals surface area contributed by atoms with Gasteiger partial charge in [0.05, 0.1) is 17.3 Å². The van der Waals surface area contributed by atoms with Gasteiger partial charge in [0.25, 0.3) is 5.91 Å². The summed E-state index contributed by atoms with van der Waals surface area (Å²) >= 11 is 0. The average molecular weight is 356 g/mol. The fourth-order valence-corrected chi connectivity index (χ4v) is 2.53. The van der Waals surface area contributed by atoms with Crippen LogP contribution in [0.5, 0.6) is 5.75 Å². The van der Waals surface area contributed by atoms with E-state index in [1.807, 2.05) is 12.1 Å². The number of carbonyl (C=O) groups excluding carboxylic acids is 2. The molecule has 0 saturated heterocycles. The van der Waals surface area contributed by atoms with Crippen molar-refractivity contribution in [2.24, 2.45) is 0 Å². The van der Waals surface area contributed by atoms with Crippen molar-refractivity contribution in [2.75, 3.05) is 11.9 Å². The van der Waals surface area contributed by atoms with Gasteiger partial charge in [0, 0.05) is 11.1 Å². The lowest BCUT2D eigenvalue weighted by molar-refractivity contribution is -0.118. The highest BCUT2D eigenvalue weighted by Gasteiger charge is 2.15. The zero-order valence-corrected chi connectivity index (χ0v) is 14.4. The maximum Gasteiger partial charge on any atom is 0.262 e. The summed E-state index contributed by atoms with van der Waals surface area (Å²) in [5.41, 5.74) is 1.82. The van der Waals surface area contributed by atoms with Crippen LogP contribution in [0.4, 0.5) is 5.69 Å². The number of hydrogen-bond acceptors (Lipinski definition) is 4. The molecule has 0 heterocycles. The molecule has 5 nitrogen and oxygen atoms in total. The topological polar surface area (TPSA) is 79.2 Å². The third-order valence-corrected chi connectivity index (χ3v) is 3.81. The van der Waals surface area contributed by atoms with Crippen LogP contribution in [0.15, 0.2) is 78.9 Å². The normalized spacial score (nSPS) is 9.89. The number of nitriles is 1. The number of rotatable bonds is 6. The first kappa shape index (κ1) is 17.9. The SMILES string of the molecule is N#Cc1cccc(OCC(=O)Nc2ccccc2C(=O)c2ccccc2)c1. The fourth-order valence-electron chi connectivity index (χ4n) is 2.53. The van der Waals surface area contributed by atoms with Gasteiger partial charge in [-0.15, -0.1) is 0 Å². The Balaban J connectivity index is 1.69. The van der Waals surface area contributed by atoms with Gasteiger partial charge in [0.15, 0.2) is 12.4 Å². The molecule has 5 heteroatoms. The third-order valence-electron chi connectivity index (χ3n) is 3.81. The van der Waals surface area contributed by atoms with Gasteiger partial charge in [0.2, 0.25) is 0 Å². The highest BCUT2D eigenvalue weighted by molar-refractivity contribution is 6.13. The van der Waals surface area contributed by atoms with Crippen molar-refractivity contribution >= 4 is 17.4 Å². The first-order valence-corrected chi connectivity index (χ1v) is 8.29. The number of ether oxygens (including phenoxy) is 1. The number of benzene rings is 3. The van der Waals surface area contributed by atoms with E-state index in [9.17, 15) is 9.59 Å². The lowest BCUT2D eigenvalue weighted by Crippen LogP contribution is -2.21. The molecule has 0 unspecified atom stereocenters. The van der Waals surface area contributed by atoms with E-state index in [1.165, 1.54) is 0 Å². The highest BCUT2D eigenvalue weighted by Crippen LogP contribution is 2.19. The highest BCUT2D eigenvalue weighted by atomic mass is 16.5. The molecule has 0 aliphatic heterocycles. The Hall–Kier alpha value is -3.91. The van der Waals surface area contributed by atoms with Crippen molar-refractivity contribution in [2.45, 2.75) is 0 Å². The molecule has 0 aliphatic rings. The summed E-state index contributed by atoms with van der Waals surface area (Å²) in [5.74, 6) is -0.141. The van der Waals surface area contributed by atoms with E-state index in [0.29, 0.717) is 28.1 Å². The van der Waals surface area contributed by atoms with Gasteiger partial charge < -0.3 is 10.1 Å². The van der Waals surface area contributed by atoms with Gasteiger partial charge in [-0.3, -0.25) is 9.59 Å². The maximum atomic E-state index is 12.7. The van der Waals surface area contributed by atoms with Gasteiger partial charge in [-0.05, 0) is 30.3 Å². The summed E-state index contributed by atoms with van der Waals surface area (Å²) in [5, 5.41) is 11.6. The molecule has 0 bridgehead atoms. The molecule has 0 aliphatic carbocycles. The average Bonchev–Trinajstić information content (AvgIpc) is 2.73. The van der Waals surface area contributed by atoms with Crippen LogP contribution in [-0.2, 0) is 4.79 Å². The molecular formula is C22H16N2O3. The molecule has 0 saturated carbocycles. The first-order valence-electron chi connectivity index (χ1n) is 8.29. The molecule has 27 heavy (non-hydrogen) atoms. The molecule has 0 aromatic heterocycles. The fraction of sp³-hybridized carbons (Fsp3) is 0.0455. The number of para-hydroxylation sites is 1. The second-order valence-electron chi connectivity index (χ2n) is 5.72. The minimum atomic E-state index is -0.398. The number of anilines is 1.